The van der Waals surface area contributed by atoms with Gasteiger partial charge < -0.3 is 63.2 Å². The molecule has 6 saturated heterocycles. The van der Waals surface area contributed by atoms with Gasteiger partial charge in [0.1, 0.15) is 60.0 Å². The van der Waals surface area contributed by atoms with Crippen LogP contribution in [0.15, 0.2) is 92.6 Å². The number of fused-ring (bicyclic) bond motifs is 3. The van der Waals surface area contributed by atoms with E-state index in [1.165, 1.54) is 70.5 Å². The van der Waals surface area contributed by atoms with Crippen LogP contribution in [0.25, 0.3) is 0 Å². The summed E-state index contributed by atoms with van der Waals surface area (Å²) in [4.78, 5) is 87.9. The Labute approximate surface area is 741 Å². The zero-order chi connectivity index (χ0) is 91.8. The van der Waals surface area contributed by atoms with Gasteiger partial charge in [-0.3, -0.25) is 24.2 Å². The molecular formula is C89H103ClF11N21O6. The summed E-state index contributed by atoms with van der Waals surface area (Å²) in [5, 5.41) is 28.0. The first kappa shape index (κ1) is 94.2. The van der Waals surface area contributed by atoms with E-state index >= 15 is 0 Å². The molecule has 3 amide bonds. The highest BCUT2D eigenvalue weighted by atomic mass is 35.5. The summed E-state index contributed by atoms with van der Waals surface area (Å²) in [6, 6.07) is 17.2. The second-order valence-corrected chi connectivity index (χ2v) is 34.3. The fraction of sp³-hybridized carbons (Fsp3) is 0.528. The number of aromatic nitrogens is 6. The maximum Gasteiger partial charge on any atom is 0.421 e. The van der Waals surface area contributed by atoms with E-state index in [2.05, 4.69) is 76.5 Å². The number of benzene rings is 3. The van der Waals surface area contributed by atoms with Crippen LogP contribution in [0.1, 0.15) is 109 Å². The lowest BCUT2D eigenvalue weighted by molar-refractivity contribution is -0.140. The number of halogens is 12. The number of anilines is 6. The van der Waals surface area contributed by atoms with Crippen molar-refractivity contribution in [1.82, 2.24) is 59.3 Å². The van der Waals surface area contributed by atoms with Gasteiger partial charge in [-0.25, -0.2) is 8.78 Å². The highest BCUT2D eigenvalue weighted by Crippen LogP contribution is 2.47. The number of alkyl halides is 9. The van der Waals surface area contributed by atoms with Crippen LogP contribution in [-0.2, 0) is 71.8 Å². The van der Waals surface area contributed by atoms with E-state index < -0.39 is 58.9 Å². The van der Waals surface area contributed by atoms with Crippen LogP contribution in [0.2, 0.25) is 5.02 Å². The van der Waals surface area contributed by atoms with Crippen molar-refractivity contribution in [3.63, 3.8) is 0 Å². The van der Waals surface area contributed by atoms with Gasteiger partial charge in [-0.2, -0.15) is 85.2 Å². The average Bonchev–Trinajstić information content (AvgIpc) is 1.30. The zero-order valence-corrected chi connectivity index (χ0v) is 72.7. The number of hydrogen-bond donors (Lipinski definition) is 0. The molecular weight excluding hydrogens is 1700 g/mol. The number of likely N-dealkylation sites (N-methyl/N-ethyl adjacent to an activating group) is 3. The lowest BCUT2D eigenvalue weighted by atomic mass is 10.0. The molecule has 9 aliphatic heterocycles. The topological polar surface area (TPSA) is 266 Å². The van der Waals surface area contributed by atoms with E-state index in [4.69, 9.17) is 45.7 Å². The number of hydrogen-bond acceptors (Lipinski definition) is 24. The van der Waals surface area contributed by atoms with Gasteiger partial charge in [0.15, 0.2) is 0 Å². The Morgan fingerprint density at radius 1 is 0.438 bits per heavy atom. The minimum Gasteiger partial charge on any atom is -0.462 e. The summed E-state index contributed by atoms with van der Waals surface area (Å²) in [5.41, 5.74) is -0.0260. The van der Waals surface area contributed by atoms with Crippen molar-refractivity contribution in [2.75, 3.05) is 169 Å². The summed E-state index contributed by atoms with van der Waals surface area (Å²) in [7, 11) is 6.11. The molecule has 0 bridgehead atoms. The van der Waals surface area contributed by atoms with E-state index in [9.17, 15) is 78.5 Å². The van der Waals surface area contributed by atoms with Gasteiger partial charge in [0.05, 0.1) is 120 Å². The smallest absolute Gasteiger partial charge is 0.421 e. The van der Waals surface area contributed by atoms with E-state index in [0.717, 1.165) is 74.1 Å². The van der Waals surface area contributed by atoms with E-state index in [-0.39, 0.29) is 134 Å². The number of piperazine rings is 3. The van der Waals surface area contributed by atoms with Crippen LogP contribution in [0.4, 0.5) is 82.8 Å². The Bertz CT molecular complexity index is 4990. The second-order valence-electron chi connectivity index (χ2n) is 33.8. The van der Waals surface area contributed by atoms with Crippen molar-refractivity contribution in [2.24, 2.45) is 11.8 Å². The fourth-order valence-electron chi connectivity index (χ4n) is 18.9. The summed E-state index contributed by atoms with van der Waals surface area (Å²) in [6.45, 7) is 23.3. The number of nitrogens with zero attached hydrogens (tertiary/aromatic N) is 21. The van der Waals surface area contributed by atoms with Crippen LogP contribution >= 0.6 is 11.6 Å². The largest absolute Gasteiger partial charge is 0.462 e. The number of carbonyl (C=O) groups excluding carboxylic acids is 3. The molecule has 128 heavy (non-hydrogen) atoms. The van der Waals surface area contributed by atoms with Crippen LogP contribution < -0.4 is 43.6 Å². The lowest BCUT2D eigenvalue weighted by Crippen LogP contribution is -2.55. The number of rotatable bonds is 21. The number of carbonyl (C=O) groups is 3. The first-order valence-electron chi connectivity index (χ1n) is 42.7. The Morgan fingerprint density at radius 2 is 0.766 bits per heavy atom. The molecule has 0 saturated carbocycles. The van der Waals surface area contributed by atoms with Gasteiger partial charge in [-0.1, -0.05) is 63.4 Å². The van der Waals surface area contributed by atoms with Gasteiger partial charge in [0.25, 0.3) is 0 Å². The molecule has 15 rings (SSSR count). The van der Waals surface area contributed by atoms with Gasteiger partial charge in [-0.05, 0) is 139 Å². The third-order valence-corrected chi connectivity index (χ3v) is 25.6. The fourth-order valence-corrected chi connectivity index (χ4v) is 19.2. The maximum atomic E-state index is 14.4. The molecule has 8 atom stereocenters. The Kier molecular flexibility index (Phi) is 29.8. The van der Waals surface area contributed by atoms with Crippen molar-refractivity contribution in [3.05, 3.63) is 160 Å². The lowest BCUT2D eigenvalue weighted by Gasteiger charge is -2.42. The van der Waals surface area contributed by atoms with E-state index in [1.54, 1.807) is 19.6 Å². The second kappa shape index (κ2) is 40.5. The highest BCUT2D eigenvalue weighted by molar-refractivity contribution is 6.31. The molecule has 9 aliphatic rings. The summed E-state index contributed by atoms with van der Waals surface area (Å²) in [6.07, 6.45) is -5.26. The molecule has 6 fully saturated rings. The van der Waals surface area contributed by atoms with Gasteiger partial charge >= 0.3 is 36.6 Å². The zero-order valence-electron chi connectivity index (χ0n) is 72.0. The normalized spacial score (nSPS) is 22.2. The number of amides is 3. The minimum absolute atomic E-state index is 0.00139. The maximum absolute atomic E-state index is 14.4. The summed E-state index contributed by atoms with van der Waals surface area (Å²) in [5.74, 6) is -0.562. The molecule has 39 heteroatoms. The molecule has 0 aliphatic carbocycles. The Morgan fingerprint density at radius 3 is 1.06 bits per heavy atom. The number of likely N-dealkylation sites (tertiary alicyclic amines) is 3. The minimum atomic E-state index is -4.87. The average molecular weight is 1810 g/mol. The summed E-state index contributed by atoms with van der Waals surface area (Å²) < 4.78 is 172. The van der Waals surface area contributed by atoms with Crippen molar-refractivity contribution in [2.45, 2.75) is 152 Å². The molecule has 27 nitrogen and oxygen atoms in total. The molecule has 3 aromatic carbocycles. The Hall–Kier alpha value is -11.4. The van der Waals surface area contributed by atoms with Crippen molar-refractivity contribution in [3.8, 4) is 36.2 Å². The standard InChI is InChI=1S/2C30H35F4N7O2.C29H33ClF3N7O2/c2*1-4-26(42)41-13-12-40(16-20(41)8-10-35)28-22-9-11-39(25-7-5-6-23(31)27(25)30(32,33)34)17-24(22)36-29(37-28)43-18-21-14-19(2)15-38(21)3;1-3-25(41)40-15-14-39(16-19(40)9-11-34)27-21-10-13-38(24-8-4-7-22(30)26(24)29(31,32)33)17-23(21)35-28(36-27)42-18-20-6-5-12-37(20)2/h2*4-7,19-21H,1,8-9,11-18H2,2-3H3;3-4,7-8,19-20H,1,5-6,9-10,12-18H2,2H3/t19-,20?,21+;19-,20?,21-;19?,20-/m010/s1. The molecule has 0 N–H and O–H groups in total. The van der Waals surface area contributed by atoms with E-state index in [1.807, 2.05) is 35.8 Å². The highest BCUT2D eigenvalue weighted by Gasteiger charge is 2.45. The molecule has 3 aromatic heterocycles. The SMILES string of the molecule is C=CC(=O)N1CCN(c2nc(OC[C@@H]3CCCN3C)nc3c2CCN(c2cccc(Cl)c2C(F)(F)F)C3)CC1CC#N.C=CC(=O)N1CCN(c2nc(OC[C@H]3C[C@@H](C)CN3C)nc3c2CCN(c2cccc(F)c2C(F)(F)F)C3)CC1CC#N.C=CC(=O)N1CCN(c2nc(OC[C@H]3C[C@H](C)CN3C)nc3c2CCN(c2cccc(F)c2C(F)(F)F)C3)CC1CC#N. The predicted octanol–water partition coefficient (Wildman–Crippen LogP) is 12.4. The van der Waals surface area contributed by atoms with E-state index in [0.29, 0.717) is 151 Å². The van der Waals surface area contributed by atoms with Crippen LogP contribution in [0.3, 0.4) is 0 Å². The molecule has 0 radical (unpaired) electrons. The molecule has 12 heterocycles. The monoisotopic (exact) mass is 1810 g/mol. The third-order valence-electron chi connectivity index (χ3n) is 25.3. The third kappa shape index (κ3) is 21.4. The molecule has 3 unspecified atom stereocenters. The first-order valence-corrected chi connectivity index (χ1v) is 43.1. The van der Waals surface area contributed by atoms with Gasteiger partial charge in [-0.15, -0.1) is 0 Å². The first-order chi connectivity index (χ1) is 61.1. The Balaban J connectivity index is 0.000000164. The van der Waals surface area contributed by atoms with Crippen molar-refractivity contribution in [1.29, 1.82) is 15.8 Å². The molecule has 0 spiro atoms. The number of nitriles is 3. The molecule has 684 valence electrons. The van der Waals surface area contributed by atoms with Crippen molar-refractivity contribution < 1.29 is 76.9 Å². The van der Waals surface area contributed by atoms with Gasteiger partial charge in [0, 0.05) is 126 Å². The van der Waals surface area contributed by atoms with Crippen molar-refractivity contribution >= 4 is 63.8 Å². The quantitative estimate of drug-likeness (QED) is 0.0478. The van der Waals surface area contributed by atoms with Gasteiger partial charge in [0.2, 0.25) is 17.7 Å². The van der Waals surface area contributed by atoms with Crippen LogP contribution in [-0.4, -0.2) is 252 Å². The molecule has 6 aromatic rings. The summed E-state index contributed by atoms with van der Waals surface area (Å²) >= 11 is 6.02. The predicted molar refractivity (Wildman–Crippen MR) is 457 cm³/mol. The number of ether oxygens (including phenoxy) is 3. The van der Waals surface area contributed by atoms with Crippen LogP contribution in [0.5, 0.6) is 18.0 Å². The van der Waals surface area contributed by atoms with Crippen LogP contribution in [0, 0.1) is 57.5 Å².